The van der Waals surface area contributed by atoms with E-state index >= 15 is 8.78 Å². The summed E-state index contributed by atoms with van der Waals surface area (Å²) in [6, 6.07) is 9.31. The van der Waals surface area contributed by atoms with Gasteiger partial charge in [0.2, 0.25) is 0 Å². The molecule has 4 unspecified atom stereocenters. The summed E-state index contributed by atoms with van der Waals surface area (Å²) < 4.78 is 42.1. The molecule has 4 heterocycles. The Bertz CT molecular complexity index is 2680. The lowest BCUT2D eigenvalue weighted by Gasteiger charge is -2.21. The number of nitrogen functional groups attached to an aromatic ring is 1. The van der Waals surface area contributed by atoms with Crippen LogP contribution in [0.5, 0.6) is 0 Å². The van der Waals surface area contributed by atoms with E-state index in [0.29, 0.717) is 33.4 Å². The minimum atomic E-state index is -0.919. The summed E-state index contributed by atoms with van der Waals surface area (Å²) in [6.45, 7) is 32.2. The van der Waals surface area contributed by atoms with Gasteiger partial charge in [0.15, 0.2) is 11.6 Å². The van der Waals surface area contributed by atoms with Crippen LogP contribution < -0.4 is 5.73 Å². The van der Waals surface area contributed by atoms with E-state index in [9.17, 15) is 0 Å². The molecule has 0 aliphatic carbocycles. The number of fused-ring (bicyclic) bond motifs is 2. The summed E-state index contributed by atoms with van der Waals surface area (Å²) in [7, 11) is 0. The zero-order valence-electron chi connectivity index (χ0n) is 47.6. The van der Waals surface area contributed by atoms with Crippen molar-refractivity contribution in [3.8, 4) is 30.6 Å². The smallest absolute Gasteiger partial charge is 0.170 e. The molecule has 0 saturated carbocycles. The van der Waals surface area contributed by atoms with Crippen molar-refractivity contribution < 1.29 is 8.78 Å². The fourth-order valence-corrected chi connectivity index (χ4v) is 16.7. The Labute approximate surface area is 463 Å². The Hall–Kier alpha value is -2.56. The van der Waals surface area contributed by atoms with E-state index in [1.807, 2.05) is 22.7 Å². The summed E-state index contributed by atoms with van der Waals surface area (Å²) in [5.41, 5.74) is 12.8. The number of benzene rings is 2. The van der Waals surface area contributed by atoms with Crippen molar-refractivity contribution in [2.75, 3.05) is 5.73 Å². The molecule has 4 atom stereocenters. The van der Waals surface area contributed by atoms with Crippen LogP contribution in [0.15, 0.2) is 28.6 Å². The molecule has 402 valence electrons. The zero-order valence-corrected chi connectivity index (χ0v) is 51.7. The molecule has 6 aromatic rings. The second-order valence-electron chi connectivity index (χ2n) is 23.8. The van der Waals surface area contributed by atoms with Crippen molar-refractivity contribution in [2.24, 2.45) is 28.0 Å². The van der Waals surface area contributed by atoms with Gasteiger partial charge in [-0.1, -0.05) is 200 Å². The van der Waals surface area contributed by atoms with Gasteiger partial charge >= 0.3 is 0 Å². The minimum absolute atomic E-state index is 0.0478. The van der Waals surface area contributed by atoms with E-state index in [-0.39, 0.29) is 33.3 Å². The number of halogens is 2. The normalized spacial score (nSPS) is 14.2. The number of rotatable bonds is 28. The lowest BCUT2D eigenvalue weighted by Crippen LogP contribution is -2.13. The molecular formula is C64H92F2N2S5. The van der Waals surface area contributed by atoms with E-state index in [0.717, 1.165) is 88.3 Å². The molecule has 0 bridgehead atoms. The van der Waals surface area contributed by atoms with Gasteiger partial charge in [-0.05, 0) is 117 Å². The van der Waals surface area contributed by atoms with Crippen molar-refractivity contribution in [3.05, 3.63) is 67.9 Å². The molecule has 0 aliphatic heterocycles. The number of anilines is 1. The second kappa shape index (κ2) is 26.7. The largest absolute Gasteiger partial charge is 0.396 e. The summed E-state index contributed by atoms with van der Waals surface area (Å²) >= 11 is 12.6. The number of hydrogen-bond donors (Lipinski definition) is 1. The molecule has 0 fully saturated rings. The highest BCUT2D eigenvalue weighted by molar-refractivity contribution is 7.47. The Morgan fingerprint density at radius 1 is 0.521 bits per heavy atom. The van der Waals surface area contributed by atoms with Crippen molar-refractivity contribution in [1.29, 1.82) is 0 Å². The maximum atomic E-state index is 17.5. The van der Waals surface area contributed by atoms with Gasteiger partial charge in [0.1, 0.15) is 5.69 Å². The fourth-order valence-electron chi connectivity index (χ4n) is 11.3. The quantitative estimate of drug-likeness (QED) is 0.0497. The van der Waals surface area contributed by atoms with E-state index < -0.39 is 11.6 Å². The summed E-state index contributed by atoms with van der Waals surface area (Å²) in [5.74, 6) is 0.362. The van der Waals surface area contributed by atoms with Gasteiger partial charge < -0.3 is 5.73 Å². The van der Waals surface area contributed by atoms with Crippen LogP contribution in [0.3, 0.4) is 0 Å². The van der Waals surface area contributed by atoms with Crippen LogP contribution in [0.25, 0.3) is 50.8 Å². The maximum absolute atomic E-state index is 17.5. The third kappa shape index (κ3) is 13.8. The Morgan fingerprint density at radius 2 is 0.959 bits per heavy atom. The van der Waals surface area contributed by atoms with Gasteiger partial charge in [-0.25, -0.2) is 8.78 Å². The lowest BCUT2D eigenvalue weighted by molar-refractivity contribution is 0.445. The minimum Gasteiger partial charge on any atom is -0.396 e. The number of nitrogens with two attached hydrogens (primary N) is 1. The number of hydrogen-bond acceptors (Lipinski definition) is 7. The molecule has 0 aliphatic rings. The first kappa shape index (κ1) is 59.7. The van der Waals surface area contributed by atoms with Crippen LogP contribution >= 0.6 is 45.3 Å². The van der Waals surface area contributed by atoms with Crippen LogP contribution in [-0.4, -0.2) is 0 Å². The number of nitrogens with zero attached hydrogens (tertiary/aromatic N) is 1. The van der Waals surface area contributed by atoms with E-state index in [1.165, 1.54) is 113 Å². The molecule has 0 saturated heterocycles. The molecule has 0 radical (unpaired) electrons. The molecule has 73 heavy (non-hydrogen) atoms. The first-order chi connectivity index (χ1) is 34.8. The maximum Gasteiger partial charge on any atom is 0.170 e. The highest BCUT2D eigenvalue weighted by Crippen LogP contribution is 2.54. The van der Waals surface area contributed by atoms with Gasteiger partial charge in [-0.2, -0.15) is 4.36 Å². The first-order valence-corrected chi connectivity index (χ1v) is 32.4. The molecule has 6 rings (SSSR count). The van der Waals surface area contributed by atoms with Crippen LogP contribution in [0, 0.1) is 35.3 Å². The van der Waals surface area contributed by atoms with Gasteiger partial charge in [0.05, 0.1) is 16.8 Å². The monoisotopic (exact) mass is 1090 g/mol. The SMILES string of the molecule is CCCCC(CC)Cc1cc(-c2c(F)c(F)c(-c3cc(CC(CC)CCCC)c(C(C)(C)C)s3)c(N)c2N=S)sc1-c1cc2c(CC(CC)CCCC)c3sc(C(C)(C)C)cc3c(CC(CC)CCCC)c2s1. The van der Waals surface area contributed by atoms with Crippen molar-refractivity contribution in [2.45, 2.75) is 236 Å². The lowest BCUT2D eigenvalue weighted by atomic mass is 9.85. The zero-order chi connectivity index (χ0) is 53.4. The highest BCUT2D eigenvalue weighted by Gasteiger charge is 2.32. The second-order valence-corrected chi connectivity index (χ2v) is 28.2. The van der Waals surface area contributed by atoms with E-state index in [4.69, 9.17) is 18.2 Å². The first-order valence-electron chi connectivity index (χ1n) is 28.7. The summed E-state index contributed by atoms with van der Waals surface area (Å²) in [4.78, 5) is 6.31. The third-order valence-corrected chi connectivity index (χ3v) is 22.1. The average molecular weight is 1090 g/mol. The predicted octanol–water partition coefficient (Wildman–Crippen LogP) is 23.1. The molecule has 4 aromatic heterocycles. The number of thiophene rings is 4. The molecule has 2 aromatic carbocycles. The molecular weight excluding hydrogens is 995 g/mol. The van der Waals surface area contributed by atoms with Crippen LogP contribution in [0.2, 0.25) is 0 Å². The van der Waals surface area contributed by atoms with Gasteiger partial charge in [0, 0.05) is 51.1 Å². The highest BCUT2D eigenvalue weighted by atomic mass is 32.1. The Kier molecular flexibility index (Phi) is 21.8. The molecule has 9 heteroatoms. The topological polar surface area (TPSA) is 38.4 Å². The number of unbranched alkanes of at least 4 members (excludes halogenated alkanes) is 4. The average Bonchev–Trinajstić information content (AvgIpc) is 4.19. The van der Waals surface area contributed by atoms with Crippen molar-refractivity contribution in [1.82, 2.24) is 0 Å². The third-order valence-electron chi connectivity index (χ3n) is 16.1. The predicted molar refractivity (Wildman–Crippen MR) is 328 cm³/mol. The molecule has 2 N–H and O–H groups in total. The van der Waals surface area contributed by atoms with Gasteiger partial charge in [-0.15, -0.1) is 45.3 Å². The van der Waals surface area contributed by atoms with Crippen molar-refractivity contribution in [3.63, 3.8) is 0 Å². The molecule has 0 amide bonds. The summed E-state index contributed by atoms with van der Waals surface area (Å²) in [5, 5.41) is 2.86. The Balaban J connectivity index is 1.62. The van der Waals surface area contributed by atoms with Crippen LogP contribution in [-0.2, 0) is 48.9 Å². The van der Waals surface area contributed by atoms with Crippen LogP contribution in [0.1, 0.15) is 232 Å². The summed E-state index contributed by atoms with van der Waals surface area (Å²) in [6.07, 6.45) is 22.7. The molecule has 2 nitrogen and oxygen atoms in total. The Morgan fingerprint density at radius 3 is 1.42 bits per heavy atom. The van der Waals surface area contributed by atoms with E-state index in [1.54, 1.807) is 11.3 Å². The molecule has 0 spiro atoms. The van der Waals surface area contributed by atoms with E-state index in [2.05, 4.69) is 126 Å². The fraction of sp³-hybridized carbons (Fsp3) is 0.625. The standard InChI is InChI=1S/C64H92F2N2S5/c1-15-23-27-39(19-5)31-43-35-50(54-56(66)55(65)53(57(67)58(54)68-69)49-36-44(62(72-49)64(12,13)14)32-40(20-6)28-24-16-2)70-59(43)51-37-47-45(33-41(21-7)29-25-17-3)61-48(38-52(73-61)63(9,10)11)46(60(47)71-51)34-42(22-8)30-26-18-4/h35-42H,15-34,67H2,1-14H3. The van der Waals surface area contributed by atoms with Crippen LogP contribution in [0.4, 0.5) is 20.2 Å². The van der Waals surface area contributed by atoms with Crippen molar-refractivity contribution >= 4 is 89.3 Å². The van der Waals surface area contributed by atoms with Gasteiger partial charge in [0.25, 0.3) is 0 Å². The van der Waals surface area contributed by atoms with Gasteiger partial charge in [-0.3, -0.25) is 0 Å².